The lowest BCUT2D eigenvalue weighted by molar-refractivity contribution is 0.0713. The van der Waals surface area contributed by atoms with Crippen LogP contribution in [-0.4, -0.2) is 33.1 Å². The zero-order valence-electron chi connectivity index (χ0n) is 15.1. The minimum absolute atomic E-state index is 0.191. The van der Waals surface area contributed by atoms with Crippen molar-refractivity contribution in [3.8, 4) is 0 Å². The van der Waals surface area contributed by atoms with Crippen molar-refractivity contribution in [2.24, 2.45) is 0 Å². The molecule has 138 valence electrons. The molecule has 1 aliphatic carbocycles. The summed E-state index contributed by atoms with van der Waals surface area (Å²) in [5.41, 5.74) is 4.35. The Hall–Kier alpha value is -1.98. The number of amides is 1. The number of aryl methyl sites for hydroxylation is 1. The average molecular weight is 374 g/mol. The summed E-state index contributed by atoms with van der Waals surface area (Å²) in [5, 5.41) is 13.5. The van der Waals surface area contributed by atoms with Crippen molar-refractivity contribution in [3.63, 3.8) is 0 Å². The Morgan fingerprint density at radius 2 is 2.08 bits per heavy atom. The van der Waals surface area contributed by atoms with E-state index >= 15 is 0 Å². The molecule has 1 amide bonds. The van der Waals surface area contributed by atoms with Crippen LogP contribution in [0.15, 0.2) is 24.4 Å². The molecule has 0 aliphatic heterocycles. The third-order valence-corrected chi connectivity index (χ3v) is 5.31. The highest BCUT2D eigenvalue weighted by Gasteiger charge is 2.25. The Morgan fingerprint density at radius 3 is 2.77 bits per heavy atom. The molecule has 26 heavy (non-hydrogen) atoms. The third-order valence-electron chi connectivity index (χ3n) is 5.09. The van der Waals surface area contributed by atoms with Crippen LogP contribution in [0.4, 0.5) is 0 Å². The number of aliphatic hydroxyl groups excluding tert-OH is 1. The van der Waals surface area contributed by atoms with Crippen LogP contribution >= 0.6 is 11.6 Å². The molecule has 0 spiro atoms. The van der Waals surface area contributed by atoms with E-state index in [2.05, 4.69) is 15.3 Å². The van der Waals surface area contributed by atoms with E-state index in [1.54, 1.807) is 12.3 Å². The fourth-order valence-electron chi connectivity index (χ4n) is 3.36. The van der Waals surface area contributed by atoms with Crippen LogP contribution in [0.3, 0.4) is 0 Å². The lowest BCUT2D eigenvalue weighted by Crippen LogP contribution is -2.45. The highest BCUT2D eigenvalue weighted by molar-refractivity contribution is 6.29. The molecule has 0 bridgehead atoms. The Morgan fingerprint density at radius 1 is 1.31 bits per heavy atom. The van der Waals surface area contributed by atoms with Crippen molar-refractivity contribution in [2.45, 2.75) is 58.1 Å². The molecular weight excluding hydrogens is 350 g/mol. The number of nitrogens with one attached hydrogen (secondary N) is 1. The number of hydrogen-bond acceptors (Lipinski definition) is 4. The van der Waals surface area contributed by atoms with Crippen molar-refractivity contribution in [1.29, 1.82) is 0 Å². The first-order valence-corrected chi connectivity index (χ1v) is 9.38. The molecule has 2 heterocycles. The maximum absolute atomic E-state index is 12.7. The third kappa shape index (κ3) is 4.40. The first kappa shape index (κ1) is 18.8. The van der Waals surface area contributed by atoms with Gasteiger partial charge in [-0.05, 0) is 61.9 Å². The zero-order valence-corrected chi connectivity index (χ0v) is 15.9. The van der Waals surface area contributed by atoms with E-state index in [0.29, 0.717) is 17.3 Å². The normalized spacial score (nSPS) is 20.0. The lowest BCUT2D eigenvalue weighted by Gasteiger charge is -2.28. The monoisotopic (exact) mass is 373 g/mol. The van der Waals surface area contributed by atoms with Gasteiger partial charge in [0.05, 0.1) is 12.1 Å². The van der Waals surface area contributed by atoms with Crippen LogP contribution in [0, 0.1) is 13.8 Å². The van der Waals surface area contributed by atoms with E-state index < -0.39 is 6.10 Å². The minimum Gasteiger partial charge on any atom is -0.391 e. The quantitative estimate of drug-likeness (QED) is 0.806. The molecular formula is C20H24ClN3O2. The van der Waals surface area contributed by atoms with Gasteiger partial charge in [0, 0.05) is 11.9 Å². The Kier molecular flexibility index (Phi) is 5.89. The SMILES string of the molecule is Cc1nc(C(=O)N[C@H]2CCCC[C@@H]2O)cc(Cc2ccc(Cl)nc2)c1C. The van der Waals surface area contributed by atoms with Crippen molar-refractivity contribution in [2.75, 3.05) is 0 Å². The first-order chi connectivity index (χ1) is 12.4. The molecule has 1 saturated carbocycles. The van der Waals surface area contributed by atoms with Crippen molar-refractivity contribution in [3.05, 3.63) is 57.6 Å². The highest BCUT2D eigenvalue weighted by atomic mass is 35.5. The lowest BCUT2D eigenvalue weighted by atomic mass is 9.92. The van der Waals surface area contributed by atoms with Gasteiger partial charge in [0.15, 0.2) is 0 Å². The van der Waals surface area contributed by atoms with Gasteiger partial charge in [0.2, 0.25) is 0 Å². The predicted octanol–water partition coefficient (Wildman–Crippen LogP) is 3.37. The highest BCUT2D eigenvalue weighted by Crippen LogP contribution is 2.21. The van der Waals surface area contributed by atoms with Crippen LogP contribution in [0.25, 0.3) is 0 Å². The summed E-state index contributed by atoms with van der Waals surface area (Å²) in [6.07, 6.45) is 5.51. The summed E-state index contributed by atoms with van der Waals surface area (Å²) < 4.78 is 0. The largest absolute Gasteiger partial charge is 0.391 e. The van der Waals surface area contributed by atoms with Crippen LogP contribution in [0.1, 0.15) is 58.6 Å². The summed E-state index contributed by atoms with van der Waals surface area (Å²) in [7, 11) is 0. The molecule has 5 nitrogen and oxygen atoms in total. The summed E-state index contributed by atoms with van der Waals surface area (Å²) in [5.74, 6) is -0.227. The number of hydrogen-bond donors (Lipinski definition) is 2. The molecule has 2 atom stereocenters. The van der Waals surface area contributed by atoms with E-state index in [9.17, 15) is 9.90 Å². The van der Waals surface area contributed by atoms with Crippen LogP contribution < -0.4 is 5.32 Å². The Balaban J connectivity index is 1.80. The number of aliphatic hydroxyl groups is 1. The van der Waals surface area contributed by atoms with E-state index in [1.807, 2.05) is 26.0 Å². The number of aromatic nitrogens is 2. The summed E-state index contributed by atoms with van der Waals surface area (Å²) in [4.78, 5) is 21.2. The fourth-order valence-corrected chi connectivity index (χ4v) is 3.47. The summed E-state index contributed by atoms with van der Waals surface area (Å²) in [6.45, 7) is 3.92. The standard InChI is InChI=1S/C20H24ClN3O2/c1-12-13(2)23-17(20(26)24-16-5-3-4-6-18(16)25)10-15(12)9-14-7-8-19(21)22-11-14/h7-8,10-11,16,18,25H,3-6,9H2,1-2H3,(H,24,26)/t16-,18-/m0/s1. The maximum Gasteiger partial charge on any atom is 0.270 e. The summed E-state index contributed by atoms with van der Waals surface area (Å²) >= 11 is 5.85. The van der Waals surface area contributed by atoms with Gasteiger partial charge >= 0.3 is 0 Å². The van der Waals surface area contributed by atoms with Gasteiger partial charge in [-0.1, -0.05) is 30.5 Å². The fraction of sp³-hybridized carbons (Fsp3) is 0.450. The number of nitrogens with zero attached hydrogens (tertiary/aromatic N) is 2. The first-order valence-electron chi connectivity index (χ1n) is 9.00. The predicted molar refractivity (Wildman–Crippen MR) is 101 cm³/mol. The second-order valence-corrected chi connectivity index (χ2v) is 7.36. The number of carbonyl (C=O) groups is 1. The average Bonchev–Trinajstić information content (AvgIpc) is 2.62. The smallest absolute Gasteiger partial charge is 0.270 e. The van der Waals surface area contributed by atoms with Crippen molar-refractivity contribution in [1.82, 2.24) is 15.3 Å². The van der Waals surface area contributed by atoms with Crippen LogP contribution in [0.2, 0.25) is 5.15 Å². The second-order valence-electron chi connectivity index (χ2n) is 6.97. The van der Waals surface area contributed by atoms with Gasteiger partial charge in [0.25, 0.3) is 5.91 Å². The maximum atomic E-state index is 12.7. The summed E-state index contributed by atoms with van der Waals surface area (Å²) in [6, 6.07) is 5.34. The van der Waals surface area contributed by atoms with E-state index in [0.717, 1.165) is 48.1 Å². The number of carbonyl (C=O) groups excluding carboxylic acids is 1. The molecule has 2 aromatic rings. The molecule has 0 saturated heterocycles. The van der Waals surface area contributed by atoms with Gasteiger partial charge in [-0.15, -0.1) is 0 Å². The van der Waals surface area contributed by atoms with E-state index in [-0.39, 0.29) is 11.9 Å². The van der Waals surface area contributed by atoms with Crippen LogP contribution in [0.5, 0.6) is 0 Å². The minimum atomic E-state index is -0.473. The molecule has 1 aliphatic rings. The van der Waals surface area contributed by atoms with Gasteiger partial charge in [-0.2, -0.15) is 0 Å². The van der Waals surface area contributed by atoms with Crippen molar-refractivity contribution < 1.29 is 9.90 Å². The Bertz CT molecular complexity index is 792. The molecule has 0 aromatic carbocycles. The molecule has 6 heteroatoms. The Labute approximate surface area is 158 Å². The van der Waals surface area contributed by atoms with E-state index in [1.165, 1.54) is 0 Å². The van der Waals surface area contributed by atoms with Gasteiger partial charge in [-0.25, -0.2) is 9.97 Å². The van der Waals surface area contributed by atoms with E-state index in [4.69, 9.17) is 11.6 Å². The molecule has 0 unspecified atom stereocenters. The second kappa shape index (κ2) is 8.14. The zero-order chi connectivity index (χ0) is 18.7. The van der Waals surface area contributed by atoms with Crippen molar-refractivity contribution >= 4 is 17.5 Å². The van der Waals surface area contributed by atoms with Gasteiger partial charge < -0.3 is 10.4 Å². The van der Waals surface area contributed by atoms with Gasteiger partial charge in [0.1, 0.15) is 10.8 Å². The number of halogens is 1. The molecule has 2 aromatic heterocycles. The molecule has 3 rings (SSSR count). The number of pyridine rings is 2. The number of rotatable bonds is 4. The van der Waals surface area contributed by atoms with Gasteiger partial charge in [-0.3, -0.25) is 4.79 Å². The molecule has 0 radical (unpaired) electrons. The van der Waals surface area contributed by atoms with Crippen LogP contribution in [-0.2, 0) is 6.42 Å². The molecule has 2 N–H and O–H groups in total. The molecule has 1 fully saturated rings. The topological polar surface area (TPSA) is 75.1 Å².